The van der Waals surface area contributed by atoms with Crippen LogP contribution in [0.3, 0.4) is 0 Å². The highest BCUT2D eigenvalue weighted by molar-refractivity contribution is 8.27. The number of thioether (sulfide) groups is 1. The van der Waals surface area contributed by atoms with Crippen LogP contribution in [0.1, 0.15) is 22.3 Å². The number of ether oxygens (including phenoxy) is 1. The number of halogens is 1. The molecule has 1 aliphatic rings. The number of aryl methyl sites for hydroxylation is 3. The Bertz CT molecular complexity index is 1310. The summed E-state index contributed by atoms with van der Waals surface area (Å²) in [6.45, 7) is 5.86. The lowest BCUT2D eigenvalue weighted by atomic mass is 10.1. The second kappa shape index (κ2) is 10.6. The molecule has 0 bridgehead atoms. The second-order valence-electron chi connectivity index (χ2n) is 8.17. The Morgan fingerprint density at radius 1 is 1.06 bits per heavy atom. The molecule has 1 heterocycles. The first-order valence-corrected chi connectivity index (χ1v) is 12.5. The smallest absolute Gasteiger partial charge is 0.270 e. The molecule has 3 aromatic rings. The molecule has 5 nitrogen and oxygen atoms in total. The van der Waals surface area contributed by atoms with Gasteiger partial charge in [-0.1, -0.05) is 65.4 Å². The molecule has 0 aliphatic carbocycles. The Labute approximate surface area is 219 Å². The van der Waals surface area contributed by atoms with Crippen molar-refractivity contribution in [3.63, 3.8) is 0 Å². The van der Waals surface area contributed by atoms with Gasteiger partial charge in [-0.2, -0.15) is 0 Å². The zero-order chi connectivity index (χ0) is 25.1. The first kappa shape index (κ1) is 25.0. The number of carbonyl (C=O) groups excluding carboxylic acids is 2. The van der Waals surface area contributed by atoms with Gasteiger partial charge in [0, 0.05) is 10.7 Å². The van der Waals surface area contributed by atoms with Crippen molar-refractivity contribution in [2.24, 2.45) is 0 Å². The predicted octanol–water partition coefficient (Wildman–Crippen LogP) is 6.69. The summed E-state index contributed by atoms with van der Waals surface area (Å²) < 4.78 is 6.11. The molecule has 0 unspecified atom stereocenters. The van der Waals surface area contributed by atoms with Crippen molar-refractivity contribution < 1.29 is 14.3 Å². The summed E-state index contributed by atoms with van der Waals surface area (Å²) in [5, 5.41) is 3.52. The first-order chi connectivity index (χ1) is 16.7. The number of amides is 2. The highest BCUT2D eigenvalue weighted by atomic mass is 35.5. The third kappa shape index (κ3) is 5.93. The van der Waals surface area contributed by atoms with Crippen molar-refractivity contribution >= 4 is 69.2 Å². The van der Waals surface area contributed by atoms with E-state index in [2.05, 4.69) is 5.32 Å². The van der Waals surface area contributed by atoms with Crippen LogP contribution in [0.25, 0.3) is 6.08 Å². The number of benzene rings is 3. The number of rotatable bonds is 6. The van der Waals surface area contributed by atoms with Gasteiger partial charge in [-0.15, -0.1) is 0 Å². The molecular weight excluding hydrogens is 500 g/mol. The van der Waals surface area contributed by atoms with E-state index in [9.17, 15) is 9.59 Å². The largest absolute Gasteiger partial charge is 0.484 e. The summed E-state index contributed by atoms with van der Waals surface area (Å²) in [6, 6.07) is 18.2. The maximum absolute atomic E-state index is 12.9. The molecule has 1 fully saturated rings. The fourth-order valence-corrected chi connectivity index (χ4v) is 5.22. The quantitative estimate of drug-likeness (QED) is 0.289. The maximum atomic E-state index is 12.9. The molecule has 35 heavy (non-hydrogen) atoms. The van der Waals surface area contributed by atoms with Crippen LogP contribution in [0.4, 0.5) is 11.4 Å². The van der Waals surface area contributed by atoms with Gasteiger partial charge in [-0.3, -0.25) is 14.5 Å². The monoisotopic (exact) mass is 522 g/mol. The lowest BCUT2D eigenvalue weighted by Crippen LogP contribution is -2.27. The Kier molecular flexibility index (Phi) is 7.60. The van der Waals surface area contributed by atoms with Gasteiger partial charge in [0.15, 0.2) is 10.9 Å². The normalized spacial score (nSPS) is 14.5. The average molecular weight is 523 g/mol. The molecular formula is C27H23ClN2O3S2. The molecule has 0 atom stereocenters. The maximum Gasteiger partial charge on any atom is 0.270 e. The van der Waals surface area contributed by atoms with Gasteiger partial charge in [0.05, 0.1) is 10.6 Å². The Hall–Kier alpha value is -3.13. The highest BCUT2D eigenvalue weighted by Crippen LogP contribution is 2.36. The van der Waals surface area contributed by atoms with Gasteiger partial charge in [0.2, 0.25) is 0 Å². The summed E-state index contributed by atoms with van der Waals surface area (Å²) in [4.78, 5) is 27.3. The van der Waals surface area contributed by atoms with Gasteiger partial charge in [0.1, 0.15) is 5.75 Å². The lowest BCUT2D eigenvalue weighted by molar-refractivity contribution is -0.118. The lowest BCUT2D eigenvalue weighted by Gasteiger charge is -2.14. The third-order valence-corrected chi connectivity index (χ3v) is 6.92. The van der Waals surface area contributed by atoms with E-state index in [0.29, 0.717) is 25.7 Å². The molecule has 0 spiro atoms. The van der Waals surface area contributed by atoms with E-state index in [1.807, 2.05) is 45.0 Å². The molecule has 4 rings (SSSR count). The molecule has 178 valence electrons. The Balaban J connectivity index is 1.37. The van der Waals surface area contributed by atoms with Crippen LogP contribution >= 0.6 is 35.6 Å². The molecule has 2 amide bonds. The fraction of sp³-hybridized carbons (Fsp3) is 0.148. The van der Waals surface area contributed by atoms with Crippen molar-refractivity contribution in [2.75, 3.05) is 16.8 Å². The average Bonchev–Trinajstić information content (AvgIpc) is 3.09. The van der Waals surface area contributed by atoms with E-state index in [1.165, 1.54) is 16.7 Å². The number of anilines is 2. The fourth-order valence-electron chi connectivity index (χ4n) is 3.79. The molecule has 8 heteroatoms. The van der Waals surface area contributed by atoms with Crippen molar-refractivity contribution in [2.45, 2.75) is 20.8 Å². The van der Waals surface area contributed by atoms with E-state index in [0.717, 1.165) is 27.9 Å². The second-order valence-corrected chi connectivity index (χ2v) is 10.3. The van der Waals surface area contributed by atoms with E-state index < -0.39 is 0 Å². The van der Waals surface area contributed by atoms with Crippen molar-refractivity contribution in [1.82, 2.24) is 0 Å². The molecule has 1 aliphatic heterocycles. The Morgan fingerprint density at radius 3 is 2.31 bits per heavy atom. The Morgan fingerprint density at radius 2 is 1.69 bits per heavy atom. The van der Waals surface area contributed by atoms with E-state index in [1.54, 1.807) is 42.5 Å². The number of nitrogens with one attached hydrogen (secondary N) is 1. The van der Waals surface area contributed by atoms with E-state index in [4.69, 9.17) is 28.6 Å². The van der Waals surface area contributed by atoms with Crippen LogP contribution in [0.5, 0.6) is 5.75 Å². The predicted molar refractivity (Wildman–Crippen MR) is 148 cm³/mol. The minimum atomic E-state index is -0.227. The SMILES string of the molecule is Cc1cc(C)c(NC(=O)COc2ccc(/C=C3\SC(=S)N(c4ccc(Cl)cc4)C3=O)cc2)c(C)c1. The summed E-state index contributed by atoms with van der Waals surface area (Å²) in [7, 11) is 0. The molecule has 0 aromatic heterocycles. The number of hydrogen-bond donors (Lipinski definition) is 1. The number of hydrogen-bond acceptors (Lipinski definition) is 5. The van der Waals surface area contributed by atoms with Gasteiger partial charge < -0.3 is 10.1 Å². The number of nitrogens with zero attached hydrogens (tertiary/aromatic N) is 1. The molecule has 0 radical (unpaired) electrons. The minimum absolute atomic E-state index is 0.105. The summed E-state index contributed by atoms with van der Waals surface area (Å²) in [6.07, 6.45) is 1.79. The number of carbonyl (C=O) groups is 2. The van der Waals surface area contributed by atoms with Gasteiger partial charge in [0.25, 0.3) is 11.8 Å². The van der Waals surface area contributed by atoms with Crippen molar-refractivity contribution in [1.29, 1.82) is 0 Å². The van der Waals surface area contributed by atoms with Crippen LogP contribution in [0, 0.1) is 20.8 Å². The summed E-state index contributed by atoms with van der Waals surface area (Å²) >= 11 is 12.6. The molecule has 1 N–H and O–H groups in total. The minimum Gasteiger partial charge on any atom is -0.484 e. The molecule has 0 saturated carbocycles. The summed E-state index contributed by atoms with van der Waals surface area (Å²) in [5.74, 6) is 0.152. The van der Waals surface area contributed by atoms with Gasteiger partial charge in [-0.25, -0.2) is 0 Å². The van der Waals surface area contributed by atoms with Crippen molar-refractivity contribution in [3.05, 3.63) is 92.8 Å². The van der Waals surface area contributed by atoms with E-state index in [-0.39, 0.29) is 18.4 Å². The third-order valence-electron chi connectivity index (χ3n) is 5.37. The summed E-state index contributed by atoms with van der Waals surface area (Å²) in [5.41, 5.74) is 5.50. The van der Waals surface area contributed by atoms with Crippen molar-refractivity contribution in [3.8, 4) is 5.75 Å². The first-order valence-electron chi connectivity index (χ1n) is 10.9. The van der Waals surface area contributed by atoms with Gasteiger partial charge in [-0.05, 0) is 79.9 Å². The molecule has 1 saturated heterocycles. The topological polar surface area (TPSA) is 58.6 Å². The van der Waals surface area contributed by atoms with Crippen LogP contribution < -0.4 is 15.0 Å². The number of thiocarbonyl (C=S) groups is 1. The zero-order valence-electron chi connectivity index (χ0n) is 19.4. The van der Waals surface area contributed by atoms with Crippen LogP contribution in [-0.2, 0) is 9.59 Å². The van der Waals surface area contributed by atoms with Crippen LogP contribution in [0.2, 0.25) is 5.02 Å². The van der Waals surface area contributed by atoms with Crippen LogP contribution in [-0.4, -0.2) is 22.7 Å². The highest BCUT2D eigenvalue weighted by Gasteiger charge is 2.33. The van der Waals surface area contributed by atoms with E-state index >= 15 is 0 Å². The standard InChI is InChI=1S/C27H23ClN2O3S2/c1-16-12-17(2)25(18(3)13-16)29-24(31)15-33-22-10-4-19(5-11-22)14-23-26(32)30(27(34)35-23)21-8-6-20(28)7-9-21/h4-14H,15H2,1-3H3,(H,29,31)/b23-14-. The van der Waals surface area contributed by atoms with Gasteiger partial charge >= 0.3 is 0 Å². The zero-order valence-corrected chi connectivity index (χ0v) is 21.8. The molecule has 3 aromatic carbocycles. The van der Waals surface area contributed by atoms with Crippen LogP contribution in [0.15, 0.2) is 65.6 Å².